The zero-order chi connectivity index (χ0) is 18.0. The van der Waals surface area contributed by atoms with Crippen molar-refractivity contribution in [2.24, 2.45) is 0 Å². The molecule has 0 aliphatic heterocycles. The minimum Gasteiger partial charge on any atom is -0.508 e. The summed E-state index contributed by atoms with van der Waals surface area (Å²) in [5.74, 6) is 0.187. The predicted molar refractivity (Wildman–Crippen MR) is 92.6 cm³/mol. The van der Waals surface area contributed by atoms with Crippen LogP contribution in [0.25, 0.3) is 0 Å². The Morgan fingerprint density at radius 3 is 2.80 bits per heavy atom. The Kier molecular flexibility index (Phi) is 4.90. The van der Waals surface area contributed by atoms with E-state index in [0.29, 0.717) is 18.4 Å². The molecule has 1 aliphatic carbocycles. The van der Waals surface area contributed by atoms with E-state index in [-0.39, 0.29) is 18.3 Å². The SMILES string of the molecule is Cc1ccc([C@H](O)CN(C(=O)O)[C@H]2CCc3ccc(O)cc3C2)cn1. The van der Waals surface area contributed by atoms with Crippen molar-refractivity contribution in [1.82, 2.24) is 9.88 Å². The van der Waals surface area contributed by atoms with Crippen LogP contribution in [0.4, 0.5) is 4.79 Å². The van der Waals surface area contributed by atoms with E-state index in [2.05, 4.69) is 4.98 Å². The van der Waals surface area contributed by atoms with Gasteiger partial charge in [0.25, 0.3) is 0 Å². The monoisotopic (exact) mass is 342 g/mol. The number of fused-ring (bicyclic) bond motifs is 1. The summed E-state index contributed by atoms with van der Waals surface area (Å²) in [6.07, 6.45) is 1.60. The Morgan fingerprint density at radius 1 is 1.32 bits per heavy atom. The highest BCUT2D eigenvalue weighted by molar-refractivity contribution is 5.65. The van der Waals surface area contributed by atoms with Crippen LogP contribution in [0.2, 0.25) is 0 Å². The summed E-state index contributed by atoms with van der Waals surface area (Å²) in [6, 6.07) is 8.58. The van der Waals surface area contributed by atoms with E-state index in [9.17, 15) is 20.1 Å². The third-order valence-electron chi connectivity index (χ3n) is 4.77. The van der Waals surface area contributed by atoms with Crippen LogP contribution in [0.1, 0.15) is 34.9 Å². The number of hydrogen-bond acceptors (Lipinski definition) is 4. The molecule has 3 rings (SSSR count). The zero-order valence-electron chi connectivity index (χ0n) is 14.1. The molecule has 6 nitrogen and oxygen atoms in total. The topological polar surface area (TPSA) is 93.9 Å². The smallest absolute Gasteiger partial charge is 0.407 e. The highest BCUT2D eigenvalue weighted by Crippen LogP contribution is 2.28. The summed E-state index contributed by atoms with van der Waals surface area (Å²) in [7, 11) is 0. The van der Waals surface area contributed by atoms with Gasteiger partial charge < -0.3 is 20.2 Å². The number of aryl methyl sites for hydroxylation is 2. The minimum absolute atomic E-state index is 0.00110. The van der Waals surface area contributed by atoms with E-state index in [0.717, 1.165) is 23.2 Å². The predicted octanol–water partition coefficient (Wildman–Crippen LogP) is 2.67. The quantitative estimate of drug-likeness (QED) is 0.794. The molecule has 0 saturated heterocycles. The lowest BCUT2D eigenvalue weighted by molar-refractivity contribution is 0.0725. The van der Waals surface area contributed by atoms with Crippen LogP contribution >= 0.6 is 0 Å². The first-order chi connectivity index (χ1) is 11.9. The van der Waals surface area contributed by atoms with Crippen molar-refractivity contribution >= 4 is 6.09 Å². The summed E-state index contributed by atoms with van der Waals surface area (Å²) in [5, 5.41) is 29.7. The number of aromatic hydroxyl groups is 1. The van der Waals surface area contributed by atoms with Gasteiger partial charge in [0.1, 0.15) is 5.75 Å². The molecule has 2 aromatic rings. The third kappa shape index (κ3) is 3.91. The van der Waals surface area contributed by atoms with Crippen LogP contribution in [0.15, 0.2) is 36.5 Å². The normalized spacial score (nSPS) is 17.6. The molecule has 0 fully saturated rings. The van der Waals surface area contributed by atoms with Crippen LogP contribution in [0.5, 0.6) is 5.75 Å². The van der Waals surface area contributed by atoms with Gasteiger partial charge in [0.15, 0.2) is 0 Å². The minimum atomic E-state index is -1.05. The first-order valence-electron chi connectivity index (χ1n) is 8.35. The maximum absolute atomic E-state index is 11.7. The lowest BCUT2D eigenvalue weighted by Crippen LogP contribution is -2.44. The van der Waals surface area contributed by atoms with Crippen molar-refractivity contribution in [2.45, 2.75) is 38.3 Å². The van der Waals surface area contributed by atoms with Gasteiger partial charge in [-0.25, -0.2) is 4.79 Å². The van der Waals surface area contributed by atoms with Gasteiger partial charge in [-0.3, -0.25) is 4.98 Å². The highest BCUT2D eigenvalue weighted by atomic mass is 16.4. The molecule has 0 saturated carbocycles. The standard InChI is InChI=1S/C19H22N2O4/c1-12-2-3-14(10-20-12)18(23)11-21(19(24)25)16-6-4-13-5-7-17(22)9-15(13)8-16/h2-3,5,7,9-10,16,18,22-23H,4,6,8,11H2,1H3,(H,24,25)/t16-,18+/m0/s1. The molecule has 132 valence electrons. The van der Waals surface area contributed by atoms with Gasteiger partial charge >= 0.3 is 6.09 Å². The summed E-state index contributed by atoms with van der Waals surface area (Å²) in [6.45, 7) is 1.85. The number of benzene rings is 1. The molecule has 25 heavy (non-hydrogen) atoms. The van der Waals surface area contributed by atoms with Crippen LogP contribution in [0, 0.1) is 6.92 Å². The van der Waals surface area contributed by atoms with E-state index in [1.807, 2.05) is 13.0 Å². The molecule has 0 bridgehead atoms. The number of amides is 1. The fraction of sp³-hybridized carbons (Fsp3) is 0.368. The van der Waals surface area contributed by atoms with Gasteiger partial charge in [0, 0.05) is 23.5 Å². The fourth-order valence-electron chi connectivity index (χ4n) is 3.34. The number of aliphatic hydroxyl groups excluding tert-OH is 1. The molecule has 6 heteroatoms. The Morgan fingerprint density at radius 2 is 2.12 bits per heavy atom. The van der Waals surface area contributed by atoms with Crippen LogP contribution in [-0.2, 0) is 12.8 Å². The van der Waals surface area contributed by atoms with Crippen molar-refractivity contribution in [3.8, 4) is 5.75 Å². The number of aromatic nitrogens is 1. The summed E-state index contributed by atoms with van der Waals surface area (Å²) >= 11 is 0. The molecule has 1 amide bonds. The second kappa shape index (κ2) is 7.11. The number of phenols is 1. The lowest BCUT2D eigenvalue weighted by atomic mass is 9.87. The molecule has 1 aromatic heterocycles. The van der Waals surface area contributed by atoms with Crippen molar-refractivity contribution in [2.75, 3.05) is 6.54 Å². The number of phenolic OH excluding ortho intramolecular Hbond substituents is 1. The first kappa shape index (κ1) is 17.2. The number of aliphatic hydroxyl groups is 1. The second-order valence-corrected chi connectivity index (χ2v) is 6.53. The van der Waals surface area contributed by atoms with E-state index in [4.69, 9.17) is 0 Å². The lowest BCUT2D eigenvalue weighted by Gasteiger charge is -2.34. The van der Waals surface area contributed by atoms with Gasteiger partial charge in [-0.1, -0.05) is 12.1 Å². The van der Waals surface area contributed by atoms with E-state index in [1.54, 1.807) is 30.5 Å². The van der Waals surface area contributed by atoms with Gasteiger partial charge in [-0.05, 0) is 55.5 Å². The van der Waals surface area contributed by atoms with Gasteiger partial charge in [0.05, 0.1) is 12.6 Å². The molecule has 1 aromatic carbocycles. The summed E-state index contributed by atoms with van der Waals surface area (Å²) in [4.78, 5) is 17.2. The molecule has 2 atom stereocenters. The Hall–Kier alpha value is -2.60. The van der Waals surface area contributed by atoms with Crippen LogP contribution in [-0.4, -0.2) is 43.9 Å². The average molecular weight is 342 g/mol. The highest BCUT2D eigenvalue weighted by Gasteiger charge is 2.29. The van der Waals surface area contributed by atoms with Crippen LogP contribution in [0.3, 0.4) is 0 Å². The fourth-order valence-corrected chi connectivity index (χ4v) is 3.34. The number of nitrogens with zero attached hydrogens (tertiary/aromatic N) is 2. The summed E-state index contributed by atoms with van der Waals surface area (Å²) < 4.78 is 0. The molecule has 3 N–H and O–H groups in total. The molecule has 0 spiro atoms. The van der Waals surface area contributed by atoms with Crippen molar-refractivity contribution in [3.05, 3.63) is 58.9 Å². The zero-order valence-corrected chi connectivity index (χ0v) is 14.1. The maximum Gasteiger partial charge on any atom is 0.407 e. The molecule has 0 radical (unpaired) electrons. The largest absolute Gasteiger partial charge is 0.508 e. The first-order valence-corrected chi connectivity index (χ1v) is 8.35. The molecule has 1 heterocycles. The Bertz CT molecular complexity index is 761. The number of carboxylic acid groups (broad SMARTS) is 1. The van der Waals surface area contributed by atoms with E-state index >= 15 is 0 Å². The van der Waals surface area contributed by atoms with E-state index in [1.165, 1.54) is 4.90 Å². The van der Waals surface area contributed by atoms with Gasteiger partial charge in [0.2, 0.25) is 0 Å². The molecular weight excluding hydrogens is 320 g/mol. The average Bonchev–Trinajstić information content (AvgIpc) is 2.59. The van der Waals surface area contributed by atoms with E-state index < -0.39 is 12.2 Å². The van der Waals surface area contributed by atoms with Crippen molar-refractivity contribution < 1.29 is 20.1 Å². The van der Waals surface area contributed by atoms with Gasteiger partial charge in [-0.15, -0.1) is 0 Å². The Balaban J connectivity index is 1.75. The van der Waals surface area contributed by atoms with Crippen molar-refractivity contribution in [1.29, 1.82) is 0 Å². The molecular formula is C19H22N2O4. The Labute approximate surface area is 146 Å². The maximum atomic E-state index is 11.7. The van der Waals surface area contributed by atoms with Crippen LogP contribution < -0.4 is 0 Å². The van der Waals surface area contributed by atoms with Crippen molar-refractivity contribution in [3.63, 3.8) is 0 Å². The number of hydrogen-bond donors (Lipinski definition) is 3. The molecule has 1 aliphatic rings. The van der Waals surface area contributed by atoms with Gasteiger partial charge in [-0.2, -0.15) is 0 Å². The second-order valence-electron chi connectivity index (χ2n) is 6.53. The number of carbonyl (C=O) groups is 1. The number of pyridine rings is 1. The molecule has 0 unspecified atom stereocenters. The third-order valence-corrected chi connectivity index (χ3v) is 4.77. The summed E-state index contributed by atoms with van der Waals surface area (Å²) in [5.41, 5.74) is 3.55. The number of rotatable bonds is 4.